The van der Waals surface area contributed by atoms with Gasteiger partial charge in [0.25, 0.3) is 5.91 Å². The van der Waals surface area contributed by atoms with Crippen LogP contribution in [-0.4, -0.2) is 33.7 Å². The number of halogens is 1. The quantitative estimate of drug-likeness (QED) is 0.625. The van der Waals surface area contributed by atoms with Crippen molar-refractivity contribution in [3.63, 3.8) is 0 Å². The predicted octanol–water partition coefficient (Wildman–Crippen LogP) is 4.53. The molecule has 0 radical (unpaired) electrons. The van der Waals surface area contributed by atoms with Crippen molar-refractivity contribution >= 4 is 5.91 Å². The molecule has 0 saturated heterocycles. The van der Waals surface area contributed by atoms with E-state index in [4.69, 9.17) is 4.42 Å². The molecule has 1 aromatic carbocycles. The fourth-order valence-electron chi connectivity index (χ4n) is 2.87. The average molecular weight is 355 g/mol. The highest BCUT2D eigenvalue weighted by molar-refractivity contribution is 5.94. The zero-order valence-corrected chi connectivity index (χ0v) is 15.0. The van der Waals surface area contributed by atoms with Crippen LogP contribution in [0.2, 0.25) is 0 Å². The van der Waals surface area contributed by atoms with Gasteiger partial charge in [0.2, 0.25) is 0 Å². The Morgan fingerprint density at radius 3 is 2.42 bits per heavy atom. The van der Waals surface area contributed by atoms with Gasteiger partial charge in [0.05, 0.1) is 12.0 Å². The van der Waals surface area contributed by atoms with Crippen molar-refractivity contribution in [2.75, 3.05) is 13.1 Å². The number of nitrogens with zero attached hydrogens (tertiary/aromatic N) is 3. The highest BCUT2D eigenvalue weighted by Gasteiger charge is 2.22. The van der Waals surface area contributed by atoms with Crippen LogP contribution in [-0.2, 0) is 0 Å². The third kappa shape index (κ3) is 3.69. The summed E-state index contributed by atoms with van der Waals surface area (Å²) in [6.45, 7) is 5.44. The number of furan rings is 1. The van der Waals surface area contributed by atoms with Gasteiger partial charge < -0.3 is 9.32 Å². The maximum atomic E-state index is 13.3. The number of carbonyl (C=O) groups is 1. The van der Waals surface area contributed by atoms with Crippen molar-refractivity contribution in [3.05, 3.63) is 60.2 Å². The molecule has 0 aliphatic rings. The van der Waals surface area contributed by atoms with Crippen molar-refractivity contribution in [1.29, 1.82) is 0 Å². The molecular weight excluding hydrogens is 333 g/mol. The van der Waals surface area contributed by atoms with Crippen molar-refractivity contribution < 1.29 is 13.6 Å². The van der Waals surface area contributed by atoms with E-state index in [-0.39, 0.29) is 11.7 Å². The Morgan fingerprint density at radius 2 is 1.85 bits per heavy atom. The average Bonchev–Trinajstić information content (AvgIpc) is 3.31. The number of benzene rings is 1. The molecule has 0 saturated carbocycles. The molecule has 5 nitrogen and oxygen atoms in total. The normalized spacial score (nSPS) is 10.9. The van der Waals surface area contributed by atoms with E-state index in [1.165, 1.54) is 12.1 Å². The van der Waals surface area contributed by atoms with E-state index < -0.39 is 0 Å². The van der Waals surface area contributed by atoms with Gasteiger partial charge in [-0.2, -0.15) is 5.10 Å². The Morgan fingerprint density at radius 1 is 1.15 bits per heavy atom. The van der Waals surface area contributed by atoms with E-state index >= 15 is 0 Å². The van der Waals surface area contributed by atoms with E-state index in [0.29, 0.717) is 35.9 Å². The molecule has 0 bridgehead atoms. The van der Waals surface area contributed by atoms with Crippen molar-refractivity contribution in [1.82, 2.24) is 14.7 Å². The Labute approximate surface area is 152 Å². The van der Waals surface area contributed by atoms with Gasteiger partial charge in [-0.25, -0.2) is 9.07 Å². The van der Waals surface area contributed by atoms with Crippen molar-refractivity contribution in [2.45, 2.75) is 26.7 Å². The third-order valence-electron chi connectivity index (χ3n) is 4.05. The minimum atomic E-state index is -0.335. The second kappa shape index (κ2) is 7.99. The molecule has 0 fully saturated rings. The van der Waals surface area contributed by atoms with Gasteiger partial charge in [-0.05, 0) is 49.2 Å². The summed E-state index contributed by atoms with van der Waals surface area (Å²) in [5.41, 5.74) is 1.63. The van der Waals surface area contributed by atoms with Gasteiger partial charge in [0.1, 0.15) is 17.2 Å². The lowest BCUT2D eigenvalue weighted by Crippen LogP contribution is -2.33. The summed E-state index contributed by atoms with van der Waals surface area (Å²) in [7, 11) is 0. The van der Waals surface area contributed by atoms with Gasteiger partial charge in [0.15, 0.2) is 5.76 Å². The summed E-state index contributed by atoms with van der Waals surface area (Å²) in [6, 6.07) is 11.2. The summed E-state index contributed by atoms with van der Waals surface area (Å²) < 4.78 is 20.3. The third-order valence-corrected chi connectivity index (χ3v) is 4.05. The number of amides is 1. The highest BCUT2D eigenvalue weighted by atomic mass is 19.1. The van der Waals surface area contributed by atoms with Gasteiger partial charge >= 0.3 is 0 Å². The minimum Gasteiger partial charge on any atom is -0.463 e. The fourth-order valence-corrected chi connectivity index (χ4v) is 2.87. The molecule has 0 spiro atoms. The molecular formula is C20H22FN3O2. The largest absolute Gasteiger partial charge is 0.463 e. The molecule has 1 amide bonds. The molecule has 6 heteroatoms. The van der Waals surface area contributed by atoms with Gasteiger partial charge in [-0.3, -0.25) is 4.79 Å². The van der Waals surface area contributed by atoms with E-state index in [2.05, 4.69) is 5.10 Å². The molecule has 0 atom stereocenters. The molecule has 3 rings (SSSR count). The summed E-state index contributed by atoms with van der Waals surface area (Å²) in [6.07, 6.45) is 3.32. The number of aromatic nitrogens is 2. The molecule has 2 heterocycles. The lowest BCUT2D eigenvalue weighted by atomic mass is 10.2. The fraction of sp³-hybridized carbons (Fsp3) is 0.300. The number of rotatable bonds is 7. The first-order chi connectivity index (χ1) is 12.6. The molecule has 0 unspecified atom stereocenters. The molecule has 26 heavy (non-hydrogen) atoms. The second-order valence-corrected chi connectivity index (χ2v) is 6.07. The summed E-state index contributed by atoms with van der Waals surface area (Å²) in [5.74, 6) is 0.152. The van der Waals surface area contributed by atoms with Crippen LogP contribution in [0.1, 0.15) is 37.2 Å². The maximum absolute atomic E-state index is 13.3. The SMILES string of the molecule is CCCN(CCC)C(=O)c1cc(-c2ccco2)nn1-c1ccc(F)cc1. The molecule has 0 aliphatic heterocycles. The summed E-state index contributed by atoms with van der Waals surface area (Å²) >= 11 is 0. The van der Waals surface area contributed by atoms with E-state index in [9.17, 15) is 9.18 Å². The van der Waals surface area contributed by atoms with Gasteiger partial charge in [-0.15, -0.1) is 0 Å². The maximum Gasteiger partial charge on any atom is 0.272 e. The smallest absolute Gasteiger partial charge is 0.272 e. The molecule has 3 aromatic rings. The van der Waals surface area contributed by atoms with Crippen LogP contribution in [0.4, 0.5) is 4.39 Å². The van der Waals surface area contributed by atoms with Crippen molar-refractivity contribution in [3.8, 4) is 17.1 Å². The lowest BCUT2D eigenvalue weighted by molar-refractivity contribution is 0.0746. The topological polar surface area (TPSA) is 51.3 Å². The van der Waals surface area contributed by atoms with E-state index in [0.717, 1.165) is 12.8 Å². The zero-order valence-electron chi connectivity index (χ0n) is 15.0. The van der Waals surface area contributed by atoms with Crippen LogP contribution in [0.15, 0.2) is 53.1 Å². The summed E-state index contributed by atoms with van der Waals surface area (Å²) in [5, 5.41) is 4.53. The number of hydrogen-bond acceptors (Lipinski definition) is 3. The van der Waals surface area contributed by atoms with Crippen LogP contribution in [0, 0.1) is 5.82 Å². The first-order valence-corrected chi connectivity index (χ1v) is 8.83. The lowest BCUT2D eigenvalue weighted by Gasteiger charge is -2.21. The van der Waals surface area contributed by atoms with E-state index in [1.807, 2.05) is 18.7 Å². The van der Waals surface area contributed by atoms with Crippen LogP contribution in [0.5, 0.6) is 0 Å². The first-order valence-electron chi connectivity index (χ1n) is 8.83. The summed E-state index contributed by atoms with van der Waals surface area (Å²) in [4.78, 5) is 15.0. The second-order valence-electron chi connectivity index (χ2n) is 6.07. The van der Waals surface area contributed by atoms with Gasteiger partial charge in [0, 0.05) is 19.2 Å². The molecule has 136 valence electrons. The van der Waals surface area contributed by atoms with Crippen molar-refractivity contribution in [2.24, 2.45) is 0 Å². The standard InChI is InChI=1S/C20H22FN3O2/c1-3-11-23(12-4-2)20(25)18-14-17(19-6-5-13-26-19)22-24(18)16-9-7-15(21)8-10-16/h5-10,13-14H,3-4,11-12H2,1-2H3. The minimum absolute atomic E-state index is 0.0941. The van der Waals surface area contributed by atoms with Crippen LogP contribution in [0.25, 0.3) is 17.1 Å². The molecule has 2 aromatic heterocycles. The molecule has 0 aliphatic carbocycles. The van der Waals surface area contributed by atoms with Gasteiger partial charge in [-0.1, -0.05) is 13.8 Å². The Bertz CT molecular complexity index is 848. The Kier molecular flexibility index (Phi) is 5.51. The van der Waals surface area contributed by atoms with Crippen LogP contribution < -0.4 is 0 Å². The van der Waals surface area contributed by atoms with E-state index in [1.54, 1.807) is 41.3 Å². The first kappa shape index (κ1) is 17.9. The highest BCUT2D eigenvalue weighted by Crippen LogP contribution is 2.23. The van der Waals surface area contributed by atoms with Crippen LogP contribution in [0.3, 0.4) is 0 Å². The number of carbonyl (C=O) groups excluding carboxylic acids is 1. The monoisotopic (exact) mass is 355 g/mol. The molecule has 0 N–H and O–H groups in total. The zero-order chi connectivity index (χ0) is 18.5. The Hall–Kier alpha value is -2.89. The van der Waals surface area contributed by atoms with Crippen LogP contribution >= 0.6 is 0 Å². The Balaban J connectivity index is 2.06. The predicted molar refractivity (Wildman–Crippen MR) is 97.7 cm³/mol. The number of hydrogen-bond donors (Lipinski definition) is 0.